The third-order valence-corrected chi connectivity index (χ3v) is 3.83. The summed E-state index contributed by atoms with van der Waals surface area (Å²) in [5, 5.41) is 17.2. The van der Waals surface area contributed by atoms with E-state index in [2.05, 4.69) is 10.2 Å². The number of aryl methyl sites for hydroxylation is 1. The minimum Gasteiger partial charge on any atom is -0.477 e. The van der Waals surface area contributed by atoms with Crippen LogP contribution < -0.4 is 4.74 Å². The topological polar surface area (TPSA) is 81.5 Å². The molecule has 1 saturated carbocycles. The van der Waals surface area contributed by atoms with Gasteiger partial charge in [0.15, 0.2) is 0 Å². The van der Waals surface area contributed by atoms with E-state index in [1.54, 1.807) is 21.0 Å². The normalized spacial score (nSPS) is 22.6. The van der Waals surface area contributed by atoms with Crippen molar-refractivity contribution in [2.75, 3.05) is 7.11 Å². The lowest BCUT2D eigenvalue weighted by Gasteiger charge is -2.28. The van der Waals surface area contributed by atoms with Crippen LogP contribution in [0.1, 0.15) is 47.3 Å². The molecule has 110 valence electrons. The fraction of sp³-hybridized carbons (Fsp3) is 0.643. The van der Waals surface area contributed by atoms with Crippen molar-refractivity contribution in [2.24, 2.45) is 0 Å². The van der Waals surface area contributed by atoms with E-state index in [1.807, 2.05) is 0 Å². The van der Waals surface area contributed by atoms with Crippen molar-refractivity contribution in [3.8, 4) is 5.88 Å². The van der Waals surface area contributed by atoms with Gasteiger partial charge in [-0.2, -0.15) is 5.10 Å². The molecule has 2 rings (SSSR count). The number of hydrogen-bond donors (Lipinski definition) is 1. The monoisotopic (exact) mass is 280 g/mol. The lowest BCUT2D eigenvalue weighted by molar-refractivity contribution is 0.0185. The number of carbonyl (C=O) groups is 1. The highest BCUT2D eigenvalue weighted by atomic mass is 16.5. The quantitative estimate of drug-likeness (QED) is 0.909. The average Bonchev–Trinajstić information content (AvgIpc) is 2.43. The first-order chi connectivity index (χ1) is 9.52. The summed E-state index contributed by atoms with van der Waals surface area (Å²) in [5.41, 5.74) is 1.31. The van der Waals surface area contributed by atoms with Crippen LogP contribution in [0.25, 0.3) is 0 Å². The third kappa shape index (κ3) is 3.07. The highest BCUT2D eigenvalue weighted by Gasteiger charge is 2.26. The summed E-state index contributed by atoms with van der Waals surface area (Å²) in [7, 11) is 1.69. The van der Waals surface area contributed by atoms with Gasteiger partial charge in [-0.25, -0.2) is 4.79 Å². The number of aromatic carboxylic acids is 1. The molecule has 0 amide bonds. The Bertz CT molecular complexity index is 504. The second-order valence-corrected chi connectivity index (χ2v) is 5.16. The molecule has 2 unspecified atom stereocenters. The molecule has 0 radical (unpaired) electrons. The Morgan fingerprint density at radius 1 is 1.25 bits per heavy atom. The summed E-state index contributed by atoms with van der Waals surface area (Å²) < 4.78 is 11.1. The molecule has 1 heterocycles. The number of rotatable bonds is 4. The van der Waals surface area contributed by atoms with E-state index in [9.17, 15) is 9.90 Å². The Morgan fingerprint density at radius 3 is 2.60 bits per heavy atom. The number of carboxylic acid groups (broad SMARTS) is 1. The minimum absolute atomic E-state index is 0.0665. The molecule has 0 aromatic carbocycles. The second kappa shape index (κ2) is 6.17. The fourth-order valence-electron chi connectivity index (χ4n) is 2.50. The predicted octanol–water partition coefficient (Wildman–Crippen LogP) is 2.13. The van der Waals surface area contributed by atoms with Crippen LogP contribution in [-0.2, 0) is 4.74 Å². The highest BCUT2D eigenvalue weighted by molar-refractivity contribution is 5.92. The van der Waals surface area contributed by atoms with Crippen molar-refractivity contribution in [1.82, 2.24) is 10.2 Å². The molecule has 1 aliphatic carbocycles. The molecule has 0 bridgehead atoms. The molecular weight excluding hydrogens is 260 g/mol. The highest BCUT2D eigenvalue weighted by Crippen LogP contribution is 2.27. The number of nitrogens with zero attached hydrogens (tertiary/aromatic N) is 2. The number of aromatic nitrogens is 2. The summed E-state index contributed by atoms with van der Waals surface area (Å²) in [4.78, 5) is 11.4. The smallest absolute Gasteiger partial charge is 0.341 e. The minimum atomic E-state index is -1.03. The van der Waals surface area contributed by atoms with Gasteiger partial charge in [0.05, 0.1) is 11.8 Å². The average molecular weight is 280 g/mol. The largest absolute Gasteiger partial charge is 0.477 e. The summed E-state index contributed by atoms with van der Waals surface area (Å²) in [5.74, 6) is -0.919. The zero-order valence-corrected chi connectivity index (χ0v) is 12.0. The van der Waals surface area contributed by atoms with Gasteiger partial charge in [0, 0.05) is 13.5 Å². The van der Waals surface area contributed by atoms with Crippen LogP contribution in [0, 0.1) is 13.8 Å². The number of ether oxygens (including phenoxy) is 2. The predicted molar refractivity (Wildman–Crippen MR) is 72.1 cm³/mol. The molecule has 2 atom stereocenters. The van der Waals surface area contributed by atoms with Gasteiger partial charge in [0.25, 0.3) is 0 Å². The zero-order chi connectivity index (χ0) is 14.7. The summed E-state index contributed by atoms with van der Waals surface area (Å²) in [6.45, 7) is 3.46. The van der Waals surface area contributed by atoms with Gasteiger partial charge in [-0.15, -0.1) is 5.10 Å². The SMILES string of the molecule is COC1CCCC(Oc2nnc(C)c(C)c2C(=O)O)C1. The van der Waals surface area contributed by atoms with Gasteiger partial charge < -0.3 is 14.6 Å². The van der Waals surface area contributed by atoms with Crippen molar-refractivity contribution in [2.45, 2.75) is 51.7 Å². The number of methoxy groups -OCH3 is 1. The maximum absolute atomic E-state index is 11.4. The standard InChI is InChI=1S/C14H20N2O4/c1-8-9(2)15-16-13(12(8)14(17)18)20-11-6-4-5-10(7-11)19-3/h10-11H,4-7H2,1-3H3,(H,17,18). The Balaban J connectivity index is 2.21. The summed E-state index contributed by atoms with van der Waals surface area (Å²) in [6, 6.07) is 0. The Morgan fingerprint density at radius 2 is 1.95 bits per heavy atom. The van der Waals surface area contributed by atoms with Crippen LogP contribution in [0.4, 0.5) is 0 Å². The molecule has 6 nitrogen and oxygen atoms in total. The van der Waals surface area contributed by atoms with Crippen LogP contribution in [0.2, 0.25) is 0 Å². The van der Waals surface area contributed by atoms with Gasteiger partial charge in [-0.05, 0) is 38.7 Å². The Labute approximate surface area is 118 Å². The van der Waals surface area contributed by atoms with E-state index < -0.39 is 5.97 Å². The van der Waals surface area contributed by atoms with Crippen molar-refractivity contribution >= 4 is 5.97 Å². The van der Waals surface area contributed by atoms with Crippen LogP contribution >= 0.6 is 0 Å². The molecule has 1 aliphatic rings. The van der Waals surface area contributed by atoms with Crippen LogP contribution in [0.5, 0.6) is 5.88 Å². The van der Waals surface area contributed by atoms with E-state index in [0.29, 0.717) is 11.3 Å². The van der Waals surface area contributed by atoms with Crippen LogP contribution in [0.15, 0.2) is 0 Å². The third-order valence-electron chi connectivity index (χ3n) is 3.83. The molecule has 1 N–H and O–H groups in total. The maximum Gasteiger partial charge on any atom is 0.341 e. The van der Waals surface area contributed by atoms with Gasteiger partial charge in [0.2, 0.25) is 5.88 Å². The number of carboxylic acids is 1. The summed E-state index contributed by atoms with van der Waals surface area (Å²) >= 11 is 0. The van der Waals surface area contributed by atoms with Crippen LogP contribution in [0.3, 0.4) is 0 Å². The lowest BCUT2D eigenvalue weighted by Crippen LogP contribution is -2.30. The van der Waals surface area contributed by atoms with Gasteiger partial charge in [-0.1, -0.05) is 0 Å². The lowest BCUT2D eigenvalue weighted by atomic mass is 9.95. The van der Waals surface area contributed by atoms with Gasteiger partial charge in [0.1, 0.15) is 11.7 Å². The van der Waals surface area contributed by atoms with E-state index in [4.69, 9.17) is 9.47 Å². The van der Waals surface area contributed by atoms with Crippen molar-refractivity contribution in [3.63, 3.8) is 0 Å². The van der Waals surface area contributed by atoms with Crippen molar-refractivity contribution in [3.05, 3.63) is 16.8 Å². The Hall–Kier alpha value is -1.69. The first-order valence-corrected chi connectivity index (χ1v) is 6.79. The van der Waals surface area contributed by atoms with Crippen LogP contribution in [-0.4, -0.2) is 40.6 Å². The van der Waals surface area contributed by atoms with Gasteiger partial charge >= 0.3 is 5.97 Å². The fourth-order valence-corrected chi connectivity index (χ4v) is 2.50. The van der Waals surface area contributed by atoms with E-state index in [0.717, 1.165) is 25.7 Å². The number of hydrogen-bond acceptors (Lipinski definition) is 5. The van der Waals surface area contributed by atoms with E-state index >= 15 is 0 Å². The molecule has 6 heteroatoms. The van der Waals surface area contributed by atoms with E-state index in [1.165, 1.54) is 0 Å². The molecule has 0 spiro atoms. The molecule has 0 aliphatic heterocycles. The zero-order valence-electron chi connectivity index (χ0n) is 12.0. The summed E-state index contributed by atoms with van der Waals surface area (Å²) in [6.07, 6.45) is 3.76. The second-order valence-electron chi connectivity index (χ2n) is 5.16. The first-order valence-electron chi connectivity index (χ1n) is 6.79. The first kappa shape index (κ1) is 14.7. The molecule has 20 heavy (non-hydrogen) atoms. The van der Waals surface area contributed by atoms with E-state index in [-0.39, 0.29) is 23.7 Å². The molecular formula is C14H20N2O4. The molecule has 1 fully saturated rings. The van der Waals surface area contributed by atoms with Gasteiger partial charge in [-0.3, -0.25) is 0 Å². The Kier molecular flexibility index (Phi) is 4.54. The van der Waals surface area contributed by atoms with Crippen molar-refractivity contribution in [1.29, 1.82) is 0 Å². The molecule has 1 aromatic heterocycles. The van der Waals surface area contributed by atoms with Crippen molar-refractivity contribution < 1.29 is 19.4 Å². The molecule has 0 saturated heterocycles. The maximum atomic E-state index is 11.4. The molecule has 1 aromatic rings.